The van der Waals surface area contributed by atoms with Gasteiger partial charge in [0.2, 0.25) is 11.8 Å². The molecule has 138 valence electrons. The van der Waals surface area contributed by atoms with Gasteiger partial charge in [-0.25, -0.2) is 13.2 Å². The van der Waals surface area contributed by atoms with E-state index in [-0.39, 0.29) is 36.1 Å². The normalized spacial score (nSPS) is 22.3. The number of carbonyl (C=O) groups is 2. The van der Waals surface area contributed by atoms with Crippen LogP contribution in [0.3, 0.4) is 0 Å². The van der Waals surface area contributed by atoms with E-state index < -0.39 is 29.5 Å². The monoisotopic (exact) mass is 357 g/mol. The van der Waals surface area contributed by atoms with E-state index in [1.54, 1.807) is 6.92 Å². The van der Waals surface area contributed by atoms with Crippen molar-refractivity contribution in [1.29, 1.82) is 0 Å². The maximum Gasteiger partial charge on any atom is 0.242 e. The molecular formula is C17H22F3N3O2. The second-order valence-electron chi connectivity index (χ2n) is 6.60. The van der Waals surface area contributed by atoms with Gasteiger partial charge in [0.15, 0.2) is 11.6 Å². The van der Waals surface area contributed by atoms with Crippen LogP contribution < -0.4 is 11.1 Å². The first-order chi connectivity index (χ1) is 11.7. The van der Waals surface area contributed by atoms with Crippen molar-refractivity contribution in [2.75, 3.05) is 13.1 Å². The quantitative estimate of drug-likeness (QED) is 0.799. The molecule has 1 saturated heterocycles. The highest BCUT2D eigenvalue weighted by atomic mass is 19.2. The third kappa shape index (κ3) is 4.72. The molecule has 3 unspecified atom stereocenters. The molecule has 1 aliphatic rings. The molecule has 1 heterocycles. The van der Waals surface area contributed by atoms with Crippen molar-refractivity contribution in [1.82, 2.24) is 10.2 Å². The standard InChI is InChI=1S/C17H22F3N3O2/c1-9-7-22-17(25)10(2)23(8-9)16(24)5-12(21)3-11-4-14(19)15(20)6-13(11)18/h4,6,9-10,12H,3,5,7-8,21H2,1-2H3,(H,22,25). The Kier molecular flexibility index (Phi) is 6.05. The van der Waals surface area contributed by atoms with Crippen LogP contribution in [-0.4, -0.2) is 41.9 Å². The van der Waals surface area contributed by atoms with Crippen molar-refractivity contribution in [3.05, 3.63) is 35.1 Å². The molecule has 0 bridgehead atoms. The maximum absolute atomic E-state index is 13.7. The molecule has 1 aliphatic heterocycles. The van der Waals surface area contributed by atoms with Crippen molar-refractivity contribution in [3.63, 3.8) is 0 Å². The molecular weight excluding hydrogens is 335 g/mol. The second-order valence-corrected chi connectivity index (χ2v) is 6.60. The number of nitrogens with one attached hydrogen (secondary N) is 1. The number of halogens is 3. The summed E-state index contributed by atoms with van der Waals surface area (Å²) in [5.74, 6) is -3.81. The minimum Gasteiger partial charge on any atom is -0.354 e. The molecule has 1 fully saturated rings. The minimum atomic E-state index is -1.27. The van der Waals surface area contributed by atoms with Crippen LogP contribution in [0.25, 0.3) is 0 Å². The second kappa shape index (κ2) is 7.86. The highest BCUT2D eigenvalue weighted by Crippen LogP contribution is 2.17. The Labute approximate surface area is 144 Å². The van der Waals surface area contributed by atoms with Crippen LogP contribution in [0.1, 0.15) is 25.8 Å². The number of rotatable bonds is 4. The summed E-state index contributed by atoms with van der Waals surface area (Å²) >= 11 is 0. The van der Waals surface area contributed by atoms with E-state index in [1.807, 2.05) is 6.92 Å². The summed E-state index contributed by atoms with van der Waals surface area (Å²) in [7, 11) is 0. The first kappa shape index (κ1) is 19.2. The Morgan fingerprint density at radius 3 is 2.60 bits per heavy atom. The van der Waals surface area contributed by atoms with Gasteiger partial charge in [-0.05, 0) is 30.9 Å². The lowest BCUT2D eigenvalue weighted by molar-refractivity contribution is -0.139. The zero-order chi connectivity index (χ0) is 18.7. The lowest BCUT2D eigenvalue weighted by Gasteiger charge is -2.28. The summed E-state index contributed by atoms with van der Waals surface area (Å²) in [6, 6.07) is -0.188. The van der Waals surface area contributed by atoms with Crippen molar-refractivity contribution in [2.24, 2.45) is 11.7 Å². The summed E-state index contributed by atoms with van der Waals surface area (Å²) in [5.41, 5.74) is 5.80. The van der Waals surface area contributed by atoms with E-state index in [9.17, 15) is 22.8 Å². The number of benzene rings is 1. The first-order valence-electron chi connectivity index (χ1n) is 8.15. The average molecular weight is 357 g/mol. The zero-order valence-electron chi connectivity index (χ0n) is 14.2. The fraction of sp³-hybridized carbons (Fsp3) is 0.529. The Hall–Kier alpha value is -2.09. The highest BCUT2D eigenvalue weighted by Gasteiger charge is 2.31. The van der Waals surface area contributed by atoms with Crippen molar-refractivity contribution < 1.29 is 22.8 Å². The van der Waals surface area contributed by atoms with Crippen LogP contribution in [0.15, 0.2) is 12.1 Å². The Balaban J connectivity index is 2.04. The molecule has 8 heteroatoms. The van der Waals surface area contributed by atoms with Crippen molar-refractivity contribution in [3.8, 4) is 0 Å². The molecule has 0 aliphatic carbocycles. The van der Waals surface area contributed by atoms with Gasteiger partial charge in [0.25, 0.3) is 0 Å². The summed E-state index contributed by atoms with van der Waals surface area (Å²) in [6.45, 7) is 4.44. The molecule has 1 aromatic rings. The molecule has 5 nitrogen and oxygen atoms in total. The summed E-state index contributed by atoms with van der Waals surface area (Å²) in [6.07, 6.45) is -0.235. The fourth-order valence-electron chi connectivity index (χ4n) is 2.86. The van der Waals surface area contributed by atoms with Gasteiger partial charge >= 0.3 is 0 Å². The number of carbonyl (C=O) groups excluding carboxylic acids is 2. The fourth-order valence-corrected chi connectivity index (χ4v) is 2.86. The van der Waals surface area contributed by atoms with E-state index in [4.69, 9.17) is 5.73 Å². The smallest absolute Gasteiger partial charge is 0.242 e. The third-order valence-electron chi connectivity index (χ3n) is 4.31. The number of nitrogens with two attached hydrogens (primary N) is 1. The van der Waals surface area contributed by atoms with E-state index >= 15 is 0 Å². The van der Waals surface area contributed by atoms with Gasteiger partial charge in [0, 0.05) is 31.6 Å². The average Bonchev–Trinajstić information content (AvgIpc) is 2.66. The number of nitrogens with zero attached hydrogens (tertiary/aromatic N) is 1. The molecule has 1 aromatic carbocycles. The van der Waals surface area contributed by atoms with E-state index in [2.05, 4.69) is 5.32 Å². The van der Waals surface area contributed by atoms with Crippen LogP contribution >= 0.6 is 0 Å². The zero-order valence-corrected chi connectivity index (χ0v) is 14.2. The van der Waals surface area contributed by atoms with Gasteiger partial charge in [-0.2, -0.15) is 0 Å². The van der Waals surface area contributed by atoms with Gasteiger partial charge in [-0.15, -0.1) is 0 Å². The third-order valence-corrected chi connectivity index (χ3v) is 4.31. The molecule has 2 amide bonds. The van der Waals surface area contributed by atoms with Gasteiger partial charge in [0.05, 0.1) is 0 Å². The topological polar surface area (TPSA) is 75.4 Å². The summed E-state index contributed by atoms with van der Waals surface area (Å²) < 4.78 is 39.9. The first-order valence-corrected chi connectivity index (χ1v) is 8.15. The van der Waals surface area contributed by atoms with Crippen LogP contribution in [0.4, 0.5) is 13.2 Å². The van der Waals surface area contributed by atoms with Gasteiger partial charge in [-0.3, -0.25) is 9.59 Å². The molecule has 2 rings (SSSR count). The molecule has 0 spiro atoms. The lowest BCUT2D eigenvalue weighted by Crippen LogP contribution is -2.47. The number of amides is 2. The van der Waals surface area contributed by atoms with Gasteiger partial charge in [0.1, 0.15) is 11.9 Å². The number of hydrogen-bond acceptors (Lipinski definition) is 3. The summed E-state index contributed by atoms with van der Waals surface area (Å²) in [4.78, 5) is 25.9. The van der Waals surface area contributed by atoms with Crippen LogP contribution in [-0.2, 0) is 16.0 Å². The SMILES string of the molecule is CC1CNC(=O)C(C)N(C(=O)CC(N)Cc2cc(F)c(F)cc2F)C1. The van der Waals surface area contributed by atoms with E-state index in [1.165, 1.54) is 4.90 Å². The lowest BCUT2D eigenvalue weighted by atomic mass is 10.0. The molecule has 25 heavy (non-hydrogen) atoms. The van der Waals surface area contributed by atoms with Crippen LogP contribution in [0, 0.1) is 23.4 Å². The van der Waals surface area contributed by atoms with Crippen molar-refractivity contribution >= 4 is 11.8 Å². The number of hydrogen-bond donors (Lipinski definition) is 2. The van der Waals surface area contributed by atoms with Crippen molar-refractivity contribution in [2.45, 2.75) is 38.8 Å². The van der Waals surface area contributed by atoms with Crippen LogP contribution in [0.2, 0.25) is 0 Å². The maximum atomic E-state index is 13.7. The largest absolute Gasteiger partial charge is 0.354 e. The predicted octanol–water partition coefficient (Wildman–Crippen LogP) is 1.35. The van der Waals surface area contributed by atoms with Crippen LogP contribution in [0.5, 0.6) is 0 Å². The van der Waals surface area contributed by atoms with E-state index in [0.29, 0.717) is 19.2 Å². The molecule has 0 saturated carbocycles. The Bertz CT molecular complexity index is 669. The van der Waals surface area contributed by atoms with Gasteiger partial charge in [-0.1, -0.05) is 6.92 Å². The molecule has 0 aromatic heterocycles. The summed E-state index contributed by atoms with van der Waals surface area (Å²) in [5, 5.41) is 2.75. The molecule has 3 N–H and O–H groups in total. The molecule has 3 atom stereocenters. The van der Waals surface area contributed by atoms with Gasteiger partial charge < -0.3 is 16.0 Å². The van der Waals surface area contributed by atoms with E-state index in [0.717, 1.165) is 6.07 Å². The molecule has 0 radical (unpaired) electrons. The minimum absolute atomic E-state index is 0.0887. The highest BCUT2D eigenvalue weighted by molar-refractivity contribution is 5.88. The Morgan fingerprint density at radius 2 is 1.92 bits per heavy atom. The Morgan fingerprint density at radius 1 is 1.28 bits per heavy atom. The predicted molar refractivity (Wildman–Crippen MR) is 86.0 cm³/mol.